The van der Waals surface area contributed by atoms with Gasteiger partial charge in [0.15, 0.2) is 0 Å². The van der Waals surface area contributed by atoms with Crippen LogP contribution < -0.4 is 5.32 Å². The summed E-state index contributed by atoms with van der Waals surface area (Å²) >= 11 is 0. The number of ether oxygens (including phenoxy) is 2. The molecule has 4 heteroatoms. The van der Waals surface area contributed by atoms with Gasteiger partial charge in [0.05, 0.1) is 6.61 Å². The molecule has 0 radical (unpaired) electrons. The molecule has 1 N–H and O–H groups in total. The summed E-state index contributed by atoms with van der Waals surface area (Å²) in [6, 6.07) is 0.802. The molecular weight excluding hydrogens is 264 g/mol. The lowest BCUT2D eigenvalue weighted by Crippen LogP contribution is -2.51. The molecule has 0 aromatic rings. The van der Waals surface area contributed by atoms with E-state index in [-0.39, 0.29) is 0 Å². The molecule has 2 saturated heterocycles. The predicted molar refractivity (Wildman–Crippen MR) is 84.6 cm³/mol. The Morgan fingerprint density at radius 3 is 2.67 bits per heavy atom. The van der Waals surface area contributed by atoms with Gasteiger partial charge in [-0.05, 0) is 57.5 Å². The molecule has 2 aliphatic heterocycles. The number of nitrogens with one attached hydrogen (secondary N) is 1. The first-order valence-corrected chi connectivity index (χ1v) is 8.82. The minimum absolute atomic E-state index is 0.356. The number of hydrogen-bond donors (Lipinski definition) is 1. The standard InChI is InChI=1S/C17H32N2O2/c1-20-11-15-5-8-19(9-6-15)13-17(7-2-10-21-14-17)12-18-16-3-4-16/h15-16,18H,2-14H2,1H3. The van der Waals surface area contributed by atoms with Gasteiger partial charge in [-0.3, -0.25) is 0 Å². The molecule has 122 valence electrons. The van der Waals surface area contributed by atoms with Crippen LogP contribution in [0.15, 0.2) is 0 Å². The monoisotopic (exact) mass is 296 g/mol. The highest BCUT2D eigenvalue weighted by Crippen LogP contribution is 2.32. The molecule has 3 aliphatic rings. The quantitative estimate of drug-likeness (QED) is 0.778. The molecule has 1 saturated carbocycles. The summed E-state index contributed by atoms with van der Waals surface area (Å²) in [5, 5.41) is 3.76. The Hall–Kier alpha value is -0.160. The van der Waals surface area contributed by atoms with E-state index < -0.39 is 0 Å². The van der Waals surface area contributed by atoms with Gasteiger partial charge >= 0.3 is 0 Å². The van der Waals surface area contributed by atoms with Gasteiger partial charge in [0.2, 0.25) is 0 Å². The molecule has 3 fully saturated rings. The van der Waals surface area contributed by atoms with Crippen molar-refractivity contribution in [2.24, 2.45) is 11.3 Å². The van der Waals surface area contributed by atoms with Crippen LogP contribution in [0.25, 0.3) is 0 Å². The van der Waals surface area contributed by atoms with Crippen molar-refractivity contribution in [3.63, 3.8) is 0 Å². The van der Waals surface area contributed by atoms with E-state index in [0.29, 0.717) is 5.41 Å². The lowest BCUT2D eigenvalue weighted by Gasteiger charge is -2.43. The van der Waals surface area contributed by atoms with Gasteiger partial charge in [0.25, 0.3) is 0 Å². The number of piperidine rings is 1. The van der Waals surface area contributed by atoms with E-state index in [9.17, 15) is 0 Å². The van der Waals surface area contributed by atoms with Crippen LogP contribution in [0.2, 0.25) is 0 Å². The highest BCUT2D eigenvalue weighted by Gasteiger charge is 2.37. The van der Waals surface area contributed by atoms with Crippen molar-refractivity contribution in [1.29, 1.82) is 0 Å². The normalized spacial score (nSPS) is 32.4. The van der Waals surface area contributed by atoms with Gasteiger partial charge in [0, 0.05) is 44.9 Å². The van der Waals surface area contributed by atoms with E-state index in [1.165, 1.54) is 58.2 Å². The molecule has 0 spiro atoms. The first kappa shape index (κ1) is 15.7. The highest BCUT2D eigenvalue weighted by atomic mass is 16.5. The smallest absolute Gasteiger partial charge is 0.0546 e. The third-order valence-electron chi connectivity index (χ3n) is 5.42. The van der Waals surface area contributed by atoms with E-state index >= 15 is 0 Å². The molecular formula is C17H32N2O2. The van der Waals surface area contributed by atoms with E-state index in [1.807, 2.05) is 7.11 Å². The molecule has 1 unspecified atom stereocenters. The zero-order valence-corrected chi connectivity index (χ0v) is 13.6. The van der Waals surface area contributed by atoms with Gasteiger partial charge in [-0.1, -0.05) is 0 Å². The van der Waals surface area contributed by atoms with Crippen molar-refractivity contribution < 1.29 is 9.47 Å². The number of likely N-dealkylation sites (tertiary alicyclic amines) is 1. The summed E-state index contributed by atoms with van der Waals surface area (Å²) in [7, 11) is 1.82. The Labute approximate surface area is 129 Å². The van der Waals surface area contributed by atoms with Gasteiger partial charge in [-0.2, -0.15) is 0 Å². The van der Waals surface area contributed by atoms with Crippen LogP contribution in [-0.4, -0.2) is 64.1 Å². The topological polar surface area (TPSA) is 33.7 Å². The second-order valence-electron chi connectivity index (χ2n) is 7.49. The maximum absolute atomic E-state index is 5.85. The Kier molecular flexibility index (Phi) is 5.54. The molecule has 21 heavy (non-hydrogen) atoms. The molecule has 1 aliphatic carbocycles. The van der Waals surface area contributed by atoms with Crippen LogP contribution in [0.4, 0.5) is 0 Å². The number of hydrogen-bond acceptors (Lipinski definition) is 4. The molecule has 1 atom stereocenters. The predicted octanol–water partition coefficient (Wildman–Crippen LogP) is 1.89. The first-order chi connectivity index (χ1) is 10.3. The lowest BCUT2D eigenvalue weighted by atomic mass is 9.81. The van der Waals surface area contributed by atoms with Crippen molar-refractivity contribution >= 4 is 0 Å². The van der Waals surface area contributed by atoms with Crippen molar-refractivity contribution in [2.75, 3.05) is 53.1 Å². The Morgan fingerprint density at radius 2 is 2.05 bits per heavy atom. The molecule has 0 bridgehead atoms. The average molecular weight is 296 g/mol. The lowest BCUT2D eigenvalue weighted by molar-refractivity contribution is -0.0326. The molecule has 4 nitrogen and oxygen atoms in total. The molecule has 0 amide bonds. The van der Waals surface area contributed by atoms with Gasteiger partial charge in [-0.25, -0.2) is 0 Å². The fraction of sp³-hybridized carbons (Fsp3) is 1.00. The van der Waals surface area contributed by atoms with E-state index in [4.69, 9.17) is 9.47 Å². The zero-order valence-electron chi connectivity index (χ0n) is 13.6. The summed E-state index contributed by atoms with van der Waals surface area (Å²) in [6.45, 7) is 7.68. The summed E-state index contributed by atoms with van der Waals surface area (Å²) in [6.07, 6.45) is 7.89. The van der Waals surface area contributed by atoms with E-state index in [0.717, 1.165) is 38.3 Å². The van der Waals surface area contributed by atoms with Gasteiger partial charge < -0.3 is 19.7 Å². The Balaban J connectivity index is 1.49. The fourth-order valence-electron chi connectivity index (χ4n) is 3.90. The second kappa shape index (κ2) is 7.40. The summed E-state index contributed by atoms with van der Waals surface area (Å²) < 4.78 is 11.2. The van der Waals surface area contributed by atoms with Crippen molar-refractivity contribution in [3.05, 3.63) is 0 Å². The Morgan fingerprint density at radius 1 is 1.24 bits per heavy atom. The van der Waals surface area contributed by atoms with Gasteiger partial charge in [-0.15, -0.1) is 0 Å². The number of rotatable bonds is 7. The molecule has 2 heterocycles. The fourth-order valence-corrected chi connectivity index (χ4v) is 3.90. The van der Waals surface area contributed by atoms with Crippen molar-refractivity contribution in [2.45, 2.75) is 44.6 Å². The minimum atomic E-state index is 0.356. The van der Waals surface area contributed by atoms with E-state index in [2.05, 4.69) is 10.2 Å². The number of nitrogens with zero attached hydrogens (tertiary/aromatic N) is 1. The average Bonchev–Trinajstić information content (AvgIpc) is 3.33. The van der Waals surface area contributed by atoms with Crippen LogP contribution in [0, 0.1) is 11.3 Å². The second-order valence-corrected chi connectivity index (χ2v) is 7.49. The van der Waals surface area contributed by atoms with Crippen LogP contribution in [0.5, 0.6) is 0 Å². The van der Waals surface area contributed by atoms with Crippen LogP contribution in [0.1, 0.15) is 38.5 Å². The minimum Gasteiger partial charge on any atom is -0.384 e. The molecule has 0 aromatic carbocycles. The third-order valence-corrected chi connectivity index (χ3v) is 5.42. The largest absolute Gasteiger partial charge is 0.384 e. The maximum atomic E-state index is 5.85. The number of methoxy groups -OCH3 is 1. The highest BCUT2D eigenvalue weighted by molar-refractivity contribution is 4.92. The van der Waals surface area contributed by atoms with Crippen molar-refractivity contribution in [1.82, 2.24) is 10.2 Å². The first-order valence-electron chi connectivity index (χ1n) is 8.82. The molecule has 3 rings (SSSR count). The summed E-state index contributed by atoms with van der Waals surface area (Å²) in [5.41, 5.74) is 0.356. The maximum Gasteiger partial charge on any atom is 0.0546 e. The Bertz CT molecular complexity index is 306. The third kappa shape index (κ3) is 4.65. The van der Waals surface area contributed by atoms with Crippen LogP contribution >= 0.6 is 0 Å². The van der Waals surface area contributed by atoms with E-state index in [1.54, 1.807) is 0 Å². The summed E-state index contributed by atoms with van der Waals surface area (Å²) in [5.74, 6) is 0.773. The van der Waals surface area contributed by atoms with Crippen molar-refractivity contribution in [3.8, 4) is 0 Å². The van der Waals surface area contributed by atoms with Gasteiger partial charge in [0.1, 0.15) is 0 Å². The molecule has 0 aromatic heterocycles. The zero-order chi connectivity index (χ0) is 14.5. The van der Waals surface area contributed by atoms with Crippen LogP contribution in [-0.2, 0) is 9.47 Å². The SMILES string of the molecule is COCC1CCN(CC2(CNC3CC3)CCCOC2)CC1. The summed E-state index contributed by atoms with van der Waals surface area (Å²) in [4.78, 5) is 2.68. The van der Waals surface area contributed by atoms with Crippen LogP contribution in [0.3, 0.4) is 0 Å².